The Morgan fingerprint density at radius 1 is 1.57 bits per heavy atom. The Balaban J connectivity index is 1.84. The molecule has 4 heteroatoms. The lowest BCUT2D eigenvalue weighted by Gasteiger charge is -2.65. The molecular weight excluding hydrogens is 180 g/mol. The molecule has 0 radical (unpaired) electrons. The zero-order valence-corrected chi connectivity index (χ0v) is 8.45. The van der Waals surface area contributed by atoms with Gasteiger partial charge in [0.25, 0.3) is 6.02 Å². The minimum atomic E-state index is -0.101. The SMILES string of the molecule is COC1CC2(CN=C(N)O2)C12CCC2. The maximum atomic E-state index is 5.72. The van der Waals surface area contributed by atoms with E-state index in [0.29, 0.717) is 12.1 Å². The quantitative estimate of drug-likeness (QED) is 0.670. The zero-order valence-electron chi connectivity index (χ0n) is 8.45. The van der Waals surface area contributed by atoms with E-state index in [0.717, 1.165) is 13.0 Å². The molecule has 0 aromatic heterocycles. The summed E-state index contributed by atoms with van der Waals surface area (Å²) in [4.78, 5) is 4.17. The van der Waals surface area contributed by atoms with Crippen LogP contribution in [-0.2, 0) is 9.47 Å². The Hall–Kier alpha value is -0.770. The van der Waals surface area contributed by atoms with Gasteiger partial charge in [-0.3, -0.25) is 0 Å². The largest absolute Gasteiger partial charge is 0.456 e. The van der Waals surface area contributed by atoms with E-state index in [2.05, 4.69) is 4.99 Å². The highest BCUT2D eigenvalue weighted by Crippen LogP contribution is 2.65. The zero-order chi connectivity index (χ0) is 9.81. The Morgan fingerprint density at radius 3 is 2.79 bits per heavy atom. The van der Waals surface area contributed by atoms with Gasteiger partial charge < -0.3 is 15.2 Å². The van der Waals surface area contributed by atoms with Gasteiger partial charge in [0, 0.05) is 18.9 Å². The molecule has 2 N–H and O–H groups in total. The first kappa shape index (κ1) is 8.53. The van der Waals surface area contributed by atoms with Crippen LogP contribution in [0.1, 0.15) is 25.7 Å². The standard InChI is InChI=1S/C10H16N2O2/c1-13-7-5-10(6-12-8(11)14-10)9(7)3-2-4-9/h7H,2-6H2,1H3,(H2,11,12). The number of nitrogens with two attached hydrogens (primary N) is 1. The fourth-order valence-corrected chi connectivity index (χ4v) is 3.34. The van der Waals surface area contributed by atoms with E-state index >= 15 is 0 Å². The molecule has 2 atom stereocenters. The van der Waals surface area contributed by atoms with Crippen molar-refractivity contribution in [2.75, 3.05) is 13.7 Å². The van der Waals surface area contributed by atoms with Gasteiger partial charge in [0.2, 0.25) is 0 Å². The van der Waals surface area contributed by atoms with Crippen LogP contribution in [0.4, 0.5) is 0 Å². The van der Waals surface area contributed by atoms with Gasteiger partial charge in [-0.2, -0.15) is 0 Å². The van der Waals surface area contributed by atoms with Crippen molar-refractivity contribution in [2.45, 2.75) is 37.4 Å². The predicted octanol–water partition coefficient (Wildman–Crippen LogP) is 0.659. The minimum absolute atomic E-state index is 0.101. The second-order valence-electron chi connectivity index (χ2n) is 4.69. The second-order valence-corrected chi connectivity index (χ2v) is 4.69. The molecule has 14 heavy (non-hydrogen) atoms. The Labute approximate surface area is 83.5 Å². The monoisotopic (exact) mass is 196 g/mol. The van der Waals surface area contributed by atoms with E-state index in [9.17, 15) is 0 Å². The molecule has 2 unspecified atom stereocenters. The summed E-state index contributed by atoms with van der Waals surface area (Å²) in [5.74, 6) is 0. The summed E-state index contributed by atoms with van der Waals surface area (Å²) < 4.78 is 11.2. The summed E-state index contributed by atoms with van der Waals surface area (Å²) in [6, 6.07) is 0.367. The number of aliphatic imine (C=N–C) groups is 1. The summed E-state index contributed by atoms with van der Waals surface area (Å²) in [5.41, 5.74) is 5.72. The van der Waals surface area contributed by atoms with Crippen molar-refractivity contribution >= 4 is 6.02 Å². The summed E-state index contributed by atoms with van der Waals surface area (Å²) in [6.07, 6.45) is 5.00. The van der Waals surface area contributed by atoms with Crippen molar-refractivity contribution in [3.63, 3.8) is 0 Å². The van der Waals surface area contributed by atoms with Crippen molar-refractivity contribution in [3.8, 4) is 0 Å². The smallest absolute Gasteiger partial charge is 0.282 e. The first-order valence-corrected chi connectivity index (χ1v) is 5.24. The maximum absolute atomic E-state index is 5.72. The van der Waals surface area contributed by atoms with Gasteiger partial charge in [-0.15, -0.1) is 0 Å². The average Bonchev–Trinajstić information content (AvgIpc) is 2.43. The molecule has 1 aliphatic heterocycles. The van der Waals surface area contributed by atoms with Crippen LogP contribution in [0.15, 0.2) is 4.99 Å². The van der Waals surface area contributed by atoms with E-state index in [-0.39, 0.29) is 11.0 Å². The van der Waals surface area contributed by atoms with Crippen LogP contribution in [0.5, 0.6) is 0 Å². The maximum Gasteiger partial charge on any atom is 0.282 e. The summed E-state index contributed by atoms with van der Waals surface area (Å²) in [6.45, 7) is 0.735. The summed E-state index contributed by atoms with van der Waals surface area (Å²) in [5, 5.41) is 0. The topological polar surface area (TPSA) is 56.8 Å². The molecule has 2 saturated carbocycles. The van der Waals surface area contributed by atoms with Crippen molar-refractivity contribution in [1.29, 1.82) is 0 Å². The number of nitrogens with zero attached hydrogens (tertiary/aromatic N) is 1. The molecule has 3 rings (SSSR count). The van der Waals surface area contributed by atoms with Gasteiger partial charge in [0.05, 0.1) is 12.6 Å². The molecular formula is C10H16N2O2. The van der Waals surface area contributed by atoms with Gasteiger partial charge in [0.15, 0.2) is 0 Å². The molecule has 0 bridgehead atoms. The van der Waals surface area contributed by atoms with Crippen LogP contribution in [0, 0.1) is 5.41 Å². The van der Waals surface area contributed by atoms with Crippen molar-refractivity contribution < 1.29 is 9.47 Å². The van der Waals surface area contributed by atoms with Crippen molar-refractivity contribution in [1.82, 2.24) is 0 Å². The number of hydrogen-bond acceptors (Lipinski definition) is 4. The number of amidine groups is 1. The highest BCUT2D eigenvalue weighted by atomic mass is 16.5. The molecule has 78 valence electrons. The van der Waals surface area contributed by atoms with Crippen LogP contribution in [0.2, 0.25) is 0 Å². The van der Waals surface area contributed by atoms with Crippen LogP contribution in [-0.4, -0.2) is 31.4 Å². The van der Waals surface area contributed by atoms with Crippen molar-refractivity contribution in [2.24, 2.45) is 16.1 Å². The fourth-order valence-electron chi connectivity index (χ4n) is 3.34. The third kappa shape index (κ3) is 0.726. The number of ether oxygens (including phenoxy) is 2. The lowest BCUT2D eigenvalue weighted by atomic mass is 9.45. The van der Waals surface area contributed by atoms with E-state index in [1.54, 1.807) is 7.11 Å². The number of fused-ring (bicyclic) bond motifs is 1. The molecule has 1 heterocycles. The first-order valence-electron chi connectivity index (χ1n) is 5.24. The third-order valence-corrected chi connectivity index (χ3v) is 4.36. The Kier molecular flexibility index (Phi) is 1.48. The van der Waals surface area contributed by atoms with E-state index in [1.165, 1.54) is 19.3 Å². The van der Waals surface area contributed by atoms with Gasteiger partial charge >= 0.3 is 0 Å². The van der Waals surface area contributed by atoms with Crippen molar-refractivity contribution in [3.05, 3.63) is 0 Å². The normalized spacial score (nSPS) is 42.9. The molecule has 0 amide bonds. The lowest BCUT2D eigenvalue weighted by molar-refractivity contribution is -0.263. The highest BCUT2D eigenvalue weighted by Gasteiger charge is 2.71. The minimum Gasteiger partial charge on any atom is -0.456 e. The lowest BCUT2D eigenvalue weighted by Crippen LogP contribution is -2.72. The summed E-state index contributed by atoms with van der Waals surface area (Å²) >= 11 is 0. The van der Waals surface area contributed by atoms with E-state index in [1.807, 2.05) is 0 Å². The van der Waals surface area contributed by atoms with Gasteiger partial charge in [-0.25, -0.2) is 4.99 Å². The third-order valence-electron chi connectivity index (χ3n) is 4.36. The molecule has 0 saturated heterocycles. The second kappa shape index (κ2) is 2.42. The Morgan fingerprint density at radius 2 is 2.36 bits per heavy atom. The van der Waals surface area contributed by atoms with Crippen LogP contribution >= 0.6 is 0 Å². The first-order chi connectivity index (χ1) is 6.72. The molecule has 2 spiro atoms. The average molecular weight is 196 g/mol. The summed E-state index contributed by atoms with van der Waals surface area (Å²) in [7, 11) is 1.79. The Bertz CT molecular complexity index is 298. The molecule has 2 fully saturated rings. The number of hydrogen-bond donors (Lipinski definition) is 1. The fraction of sp³-hybridized carbons (Fsp3) is 0.900. The predicted molar refractivity (Wildman–Crippen MR) is 52.0 cm³/mol. The van der Waals surface area contributed by atoms with E-state index < -0.39 is 0 Å². The molecule has 2 aliphatic carbocycles. The highest BCUT2D eigenvalue weighted by molar-refractivity contribution is 5.74. The molecule has 4 nitrogen and oxygen atoms in total. The van der Waals surface area contributed by atoms with E-state index in [4.69, 9.17) is 15.2 Å². The van der Waals surface area contributed by atoms with Gasteiger partial charge in [-0.05, 0) is 12.8 Å². The molecule has 0 aromatic rings. The number of rotatable bonds is 1. The molecule has 3 aliphatic rings. The van der Waals surface area contributed by atoms with Crippen LogP contribution in [0.25, 0.3) is 0 Å². The number of methoxy groups -OCH3 is 1. The van der Waals surface area contributed by atoms with Gasteiger partial charge in [0.1, 0.15) is 5.60 Å². The van der Waals surface area contributed by atoms with Crippen LogP contribution in [0.3, 0.4) is 0 Å². The molecule has 0 aromatic carbocycles. The van der Waals surface area contributed by atoms with Gasteiger partial charge in [-0.1, -0.05) is 6.42 Å². The van der Waals surface area contributed by atoms with Crippen LogP contribution < -0.4 is 5.73 Å².